The number of aromatic nitrogens is 2. The van der Waals surface area contributed by atoms with Gasteiger partial charge in [0.15, 0.2) is 5.82 Å². The van der Waals surface area contributed by atoms with Crippen molar-refractivity contribution in [2.75, 3.05) is 11.5 Å². The van der Waals surface area contributed by atoms with Gasteiger partial charge in [-0.25, -0.2) is 0 Å². The summed E-state index contributed by atoms with van der Waals surface area (Å²) >= 11 is 0. The minimum absolute atomic E-state index is 0.0256. The third-order valence-corrected chi connectivity index (χ3v) is 5.36. The van der Waals surface area contributed by atoms with Gasteiger partial charge >= 0.3 is 5.91 Å². The average Bonchev–Trinajstić information content (AvgIpc) is 3.42. The van der Waals surface area contributed by atoms with Gasteiger partial charge in [-0.05, 0) is 44.0 Å². The third kappa shape index (κ3) is 3.49. The molecule has 32 heavy (non-hydrogen) atoms. The first-order valence-corrected chi connectivity index (χ1v) is 10.1. The molecule has 4 rings (SSSR count). The largest absolute Gasteiger partial charge is 0.507 e. The van der Waals surface area contributed by atoms with Crippen LogP contribution in [0.2, 0.25) is 0 Å². The number of aliphatic hydroxyl groups excluding tert-OH is 1. The molecule has 2 N–H and O–H groups in total. The van der Waals surface area contributed by atoms with Crippen molar-refractivity contribution in [2.45, 2.75) is 26.8 Å². The van der Waals surface area contributed by atoms with Crippen LogP contribution in [-0.4, -0.2) is 33.5 Å². The quantitative estimate of drug-likeness (QED) is 0.262. The minimum atomic E-state index is -0.916. The predicted molar refractivity (Wildman–Crippen MR) is 118 cm³/mol. The second-order valence-corrected chi connectivity index (χ2v) is 7.61. The molecule has 1 amide bonds. The summed E-state index contributed by atoms with van der Waals surface area (Å²) in [6.07, 6.45) is 3.36. The number of H-pyrrole nitrogens is 1. The highest BCUT2D eigenvalue weighted by Crippen LogP contribution is 2.43. The number of anilines is 1. The third-order valence-electron chi connectivity index (χ3n) is 5.36. The molecule has 1 aromatic carbocycles. The van der Waals surface area contributed by atoms with Crippen LogP contribution < -0.4 is 9.64 Å². The van der Waals surface area contributed by atoms with Crippen LogP contribution in [0.1, 0.15) is 34.2 Å². The van der Waals surface area contributed by atoms with Crippen molar-refractivity contribution in [3.05, 3.63) is 82.9 Å². The summed E-state index contributed by atoms with van der Waals surface area (Å²) in [5.74, 6) is -0.628. The molecule has 8 heteroatoms. The molecule has 1 saturated heterocycles. The van der Waals surface area contributed by atoms with Gasteiger partial charge in [-0.15, -0.1) is 0 Å². The van der Waals surface area contributed by atoms with Crippen LogP contribution in [0.15, 0.2) is 59.3 Å². The van der Waals surface area contributed by atoms with Crippen LogP contribution in [0.5, 0.6) is 5.75 Å². The van der Waals surface area contributed by atoms with Crippen molar-refractivity contribution >= 4 is 23.3 Å². The number of aromatic amines is 1. The van der Waals surface area contributed by atoms with Crippen molar-refractivity contribution in [1.82, 2.24) is 10.1 Å². The molecule has 0 aliphatic carbocycles. The van der Waals surface area contributed by atoms with Crippen LogP contribution in [-0.2, 0) is 9.59 Å². The van der Waals surface area contributed by atoms with E-state index in [1.165, 1.54) is 4.90 Å². The van der Waals surface area contributed by atoms with Gasteiger partial charge in [0, 0.05) is 23.5 Å². The summed E-state index contributed by atoms with van der Waals surface area (Å²) in [6, 6.07) is 7.67. The van der Waals surface area contributed by atoms with E-state index >= 15 is 0 Å². The lowest BCUT2D eigenvalue weighted by Crippen LogP contribution is -2.29. The first-order chi connectivity index (χ1) is 15.3. The second kappa shape index (κ2) is 8.22. The standard InChI is InChI=1S/C24H23N3O5/c1-5-9-31-17-8-6-7-16(11-17)21-20(22(28)19-13(2)12-25-15(19)4)23(29)24(30)27(21)18-10-14(3)32-26-18/h5-8,10-12,21,25,28H,1,9H2,2-4H3/b22-20+. The number of carbonyl (C=O) groups is 2. The van der Waals surface area contributed by atoms with Crippen molar-refractivity contribution in [3.63, 3.8) is 0 Å². The predicted octanol–water partition coefficient (Wildman–Crippen LogP) is 4.12. The number of rotatable bonds is 6. The van der Waals surface area contributed by atoms with Crippen molar-refractivity contribution in [1.29, 1.82) is 0 Å². The summed E-state index contributed by atoms with van der Waals surface area (Å²) in [5, 5.41) is 15.2. The first-order valence-electron chi connectivity index (χ1n) is 10.1. The van der Waals surface area contributed by atoms with Gasteiger partial charge < -0.3 is 19.4 Å². The highest BCUT2D eigenvalue weighted by molar-refractivity contribution is 6.51. The van der Waals surface area contributed by atoms with E-state index in [0.717, 1.165) is 5.56 Å². The number of ether oxygens (including phenoxy) is 1. The van der Waals surface area contributed by atoms with E-state index in [4.69, 9.17) is 9.26 Å². The molecule has 164 valence electrons. The molecule has 1 unspecified atom stereocenters. The van der Waals surface area contributed by atoms with Crippen LogP contribution in [0, 0.1) is 20.8 Å². The van der Waals surface area contributed by atoms with Gasteiger partial charge in [0.25, 0.3) is 5.78 Å². The lowest BCUT2D eigenvalue weighted by molar-refractivity contribution is -0.132. The SMILES string of the molecule is C=CCOc1cccc(C2/C(=C(\O)c3c(C)c[nH]c3C)C(=O)C(=O)N2c2cc(C)on2)c1. The maximum atomic E-state index is 13.2. The van der Waals surface area contributed by atoms with Gasteiger partial charge in [-0.1, -0.05) is 29.9 Å². The van der Waals surface area contributed by atoms with Gasteiger partial charge in [0.2, 0.25) is 0 Å². The number of aryl methyl sites for hydroxylation is 3. The molecule has 0 bridgehead atoms. The fourth-order valence-electron chi connectivity index (χ4n) is 3.94. The van der Waals surface area contributed by atoms with E-state index in [1.54, 1.807) is 56.5 Å². The maximum absolute atomic E-state index is 13.2. The topological polar surface area (TPSA) is 109 Å². The van der Waals surface area contributed by atoms with E-state index in [9.17, 15) is 14.7 Å². The fourth-order valence-corrected chi connectivity index (χ4v) is 3.94. The minimum Gasteiger partial charge on any atom is -0.507 e. The number of hydrogen-bond donors (Lipinski definition) is 2. The maximum Gasteiger partial charge on any atom is 0.301 e. The Bertz CT molecular complexity index is 1230. The number of ketones is 1. The summed E-state index contributed by atoms with van der Waals surface area (Å²) in [6.45, 7) is 9.24. The summed E-state index contributed by atoms with van der Waals surface area (Å²) in [7, 11) is 0. The Morgan fingerprint density at radius 1 is 1.31 bits per heavy atom. The van der Waals surface area contributed by atoms with Gasteiger partial charge in [-0.2, -0.15) is 0 Å². The Hall–Kier alpha value is -4.07. The normalized spacial score (nSPS) is 17.7. The van der Waals surface area contributed by atoms with Gasteiger partial charge in [-0.3, -0.25) is 14.5 Å². The zero-order chi connectivity index (χ0) is 23.0. The Balaban J connectivity index is 1.94. The van der Waals surface area contributed by atoms with Crippen molar-refractivity contribution in [2.24, 2.45) is 0 Å². The number of amides is 1. The number of nitrogens with one attached hydrogen (secondary N) is 1. The molecule has 0 saturated carbocycles. The van der Waals surface area contributed by atoms with Crippen molar-refractivity contribution in [3.8, 4) is 5.75 Å². The zero-order valence-corrected chi connectivity index (χ0v) is 18.0. The van der Waals surface area contributed by atoms with E-state index in [2.05, 4.69) is 16.7 Å². The second-order valence-electron chi connectivity index (χ2n) is 7.61. The number of nitrogens with zero attached hydrogens (tertiary/aromatic N) is 2. The van der Waals surface area contributed by atoms with Gasteiger partial charge in [0.05, 0.1) is 11.6 Å². The Morgan fingerprint density at radius 3 is 2.72 bits per heavy atom. The van der Waals surface area contributed by atoms with Crippen molar-refractivity contribution < 1.29 is 24.0 Å². The molecular formula is C24H23N3O5. The van der Waals surface area contributed by atoms with E-state index in [0.29, 0.717) is 34.9 Å². The monoisotopic (exact) mass is 433 g/mol. The molecular weight excluding hydrogens is 410 g/mol. The number of carbonyl (C=O) groups excluding carboxylic acids is 2. The van der Waals surface area contributed by atoms with E-state index < -0.39 is 17.7 Å². The lowest BCUT2D eigenvalue weighted by atomic mass is 9.94. The number of hydrogen-bond acceptors (Lipinski definition) is 6. The molecule has 3 heterocycles. The molecule has 1 fully saturated rings. The highest BCUT2D eigenvalue weighted by atomic mass is 16.5. The van der Waals surface area contributed by atoms with E-state index in [1.807, 2.05) is 6.92 Å². The molecule has 1 atom stereocenters. The molecule has 3 aromatic rings. The molecule has 1 aliphatic heterocycles. The average molecular weight is 433 g/mol. The Labute approximate surface area is 184 Å². The molecule has 1 aliphatic rings. The smallest absolute Gasteiger partial charge is 0.301 e. The summed E-state index contributed by atoms with van der Waals surface area (Å²) < 4.78 is 10.8. The Morgan fingerprint density at radius 2 is 2.09 bits per heavy atom. The van der Waals surface area contributed by atoms with Crippen LogP contribution in [0.4, 0.5) is 5.82 Å². The molecule has 2 aromatic heterocycles. The molecule has 0 radical (unpaired) electrons. The van der Waals surface area contributed by atoms with Gasteiger partial charge in [0.1, 0.15) is 23.9 Å². The zero-order valence-electron chi connectivity index (χ0n) is 18.0. The summed E-state index contributed by atoms with van der Waals surface area (Å²) in [4.78, 5) is 30.6. The van der Waals surface area contributed by atoms with Crippen LogP contribution >= 0.6 is 0 Å². The fraction of sp³-hybridized carbons (Fsp3) is 0.208. The van der Waals surface area contributed by atoms with Crippen LogP contribution in [0.25, 0.3) is 5.76 Å². The molecule has 8 nitrogen and oxygen atoms in total. The van der Waals surface area contributed by atoms with E-state index in [-0.39, 0.29) is 17.2 Å². The molecule has 0 spiro atoms. The number of Topliss-reactive ketones (excluding diaryl/α,β-unsaturated/α-hetero) is 1. The number of aliphatic hydroxyl groups is 1. The first kappa shape index (κ1) is 21.2. The summed E-state index contributed by atoms with van der Waals surface area (Å²) in [5.41, 5.74) is 2.49. The Kier molecular flexibility index (Phi) is 5.44. The number of benzene rings is 1. The lowest BCUT2D eigenvalue weighted by Gasteiger charge is -2.23. The highest BCUT2D eigenvalue weighted by Gasteiger charge is 2.48. The van der Waals surface area contributed by atoms with Crippen LogP contribution in [0.3, 0.4) is 0 Å².